The van der Waals surface area contributed by atoms with Crippen molar-refractivity contribution < 1.29 is 17.1 Å². The summed E-state index contributed by atoms with van der Waals surface area (Å²) in [6.07, 6.45) is 0. The van der Waals surface area contributed by atoms with Crippen LogP contribution in [0.5, 0.6) is 0 Å². The molecule has 0 aromatic carbocycles. The third-order valence-corrected chi connectivity index (χ3v) is 10.2. The molecule has 3 rings (SSSR count). The fraction of sp³-hybridized carbons (Fsp3) is 0.154. The molecule has 0 unspecified atom stereocenters. The number of rotatable bonds is 6. The van der Waals surface area contributed by atoms with E-state index in [1.54, 1.807) is 22.7 Å². The third kappa shape index (κ3) is 5.48. The summed E-state index contributed by atoms with van der Waals surface area (Å²) in [6, 6.07) is 8.62. The summed E-state index contributed by atoms with van der Waals surface area (Å²) in [7, 11) is 0. The molecule has 0 atom stereocenters. The predicted octanol–water partition coefficient (Wildman–Crippen LogP) is 7.24. The Morgan fingerprint density at radius 1 is 0.857 bits per heavy atom. The normalized spacial score (nSPS) is 10.5. The van der Waals surface area contributed by atoms with Gasteiger partial charge in [0.25, 0.3) is 0 Å². The number of thiophene rings is 2. The first-order valence-corrected chi connectivity index (χ1v) is 11.5. The maximum absolute atomic E-state index is 5.36. The first kappa shape index (κ1) is 18.2. The maximum atomic E-state index is 5.36. The van der Waals surface area contributed by atoms with Gasteiger partial charge in [-0.05, 0) is 22.9 Å². The van der Waals surface area contributed by atoms with E-state index in [1.165, 1.54) is 18.2 Å². The first-order valence-electron chi connectivity index (χ1n) is 5.75. The minimum absolute atomic E-state index is 0. The standard InChI is InChI=1S/C13H10S7.Cu/c14-13-19-11(17-7-9-3-1-5-15-9)12(20-13)18-8-10-4-2-6-16-10;/h1-6H,7-8H2;. The van der Waals surface area contributed by atoms with E-state index in [1.807, 2.05) is 46.2 Å². The number of hydrogen-bond donors (Lipinski definition) is 0. The summed E-state index contributed by atoms with van der Waals surface area (Å²) < 4.78 is 3.80. The van der Waals surface area contributed by atoms with Crippen LogP contribution in [0.25, 0.3) is 0 Å². The van der Waals surface area contributed by atoms with E-state index in [4.69, 9.17) is 12.2 Å². The molecule has 0 saturated heterocycles. The van der Waals surface area contributed by atoms with E-state index in [9.17, 15) is 0 Å². The molecule has 3 heterocycles. The van der Waals surface area contributed by atoms with Gasteiger partial charge < -0.3 is 0 Å². The van der Waals surface area contributed by atoms with E-state index >= 15 is 0 Å². The van der Waals surface area contributed by atoms with Crippen LogP contribution in [-0.4, -0.2) is 0 Å². The van der Waals surface area contributed by atoms with Crippen LogP contribution in [0.15, 0.2) is 43.4 Å². The van der Waals surface area contributed by atoms with Gasteiger partial charge >= 0.3 is 0 Å². The molecule has 8 heteroatoms. The molecular formula is C13H10CuS7. The topological polar surface area (TPSA) is 0 Å². The van der Waals surface area contributed by atoms with Crippen molar-refractivity contribution in [1.82, 2.24) is 0 Å². The molecule has 3 aromatic rings. The Balaban J connectivity index is 0.00000161. The predicted molar refractivity (Wildman–Crippen MR) is 101 cm³/mol. The third-order valence-electron chi connectivity index (χ3n) is 2.37. The Hall–Kier alpha value is 0.889. The Morgan fingerprint density at radius 3 is 1.71 bits per heavy atom. The summed E-state index contributed by atoms with van der Waals surface area (Å²) in [5.74, 6) is 2.10. The van der Waals surface area contributed by atoms with Crippen molar-refractivity contribution in [3.8, 4) is 0 Å². The van der Waals surface area contributed by atoms with Gasteiger partial charge in [-0.15, -0.1) is 68.9 Å². The van der Waals surface area contributed by atoms with E-state index in [-0.39, 0.29) is 17.1 Å². The van der Waals surface area contributed by atoms with Crippen molar-refractivity contribution >= 4 is 81.1 Å². The second kappa shape index (κ2) is 9.25. The zero-order valence-corrected chi connectivity index (χ0v) is 17.2. The Morgan fingerprint density at radius 2 is 1.33 bits per heavy atom. The van der Waals surface area contributed by atoms with Crippen LogP contribution in [0.4, 0.5) is 0 Å². The van der Waals surface area contributed by atoms with Gasteiger partial charge in [-0.25, -0.2) is 0 Å². The second-order valence-corrected chi connectivity index (χ2v) is 11.5. The van der Waals surface area contributed by atoms with E-state index < -0.39 is 0 Å². The number of hydrogen-bond acceptors (Lipinski definition) is 7. The van der Waals surface area contributed by atoms with E-state index in [2.05, 4.69) is 35.0 Å². The molecule has 0 nitrogen and oxygen atoms in total. The molecule has 115 valence electrons. The summed E-state index contributed by atoms with van der Waals surface area (Å²) in [5.41, 5.74) is 0. The van der Waals surface area contributed by atoms with Crippen molar-refractivity contribution in [3.63, 3.8) is 0 Å². The molecule has 0 amide bonds. The monoisotopic (exact) mass is 453 g/mol. The fourth-order valence-electron chi connectivity index (χ4n) is 1.50. The molecule has 0 spiro atoms. The minimum Gasteiger partial charge on any atom is -0.148 e. The quantitative estimate of drug-likeness (QED) is 0.219. The SMILES string of the molecule is S=c1sc(SCc2cccs2)c(SCc2cccs2)s1.[Cu]. The minimum atomic E-state index is 0. The van der Waals surface area contributed by atoms with Crippen molar-refractivity contribution in [1.29, 1.82) is 0 Å². The van der Waals surface area contributed by atoms with Gasteiger partial charge in [-0.3, -0.25) is 0 Å². The summed E-state index contributed by atoms with van der Waals surface area (Å²) in [4.78, 5) is 2.85. The van der Waals surface area contributed by atoms with Gasteiger partial charge in [0.2, 0.25) is 0 Å². The zero-order valence-electron chi connectivity index (χ0n) is 10.5. The zero-order chi connectivity index (χ0) is 13.8. The van der Waals surface area contributed by atoms with Crippen molar-refractivity contribution in [2.45, 2.75) is 19.9 Å². The van der Waals surface area contributed by atoms with Gasteiger partial charge in [0.05, 0.1) is 8.42 Å². The average molecular weight is 454 g/mol. The van der Waals surface area contributed by atoms with Crippen LogP contribution in [-0.2, 0) is 28.6 Å². The molecule has 0 fully saturated rings. The van der Waals surface area contributed by atoms with Crippen molar-refractivity contribution in [3.05, 3.63) is 47.9 Å². The molecule has 21 heavy (non-hydrogen) atoms. The molecular weight excluding hydrogens is 444 g/mol. The van der Waals surface area contributed by atoms with Gasteiger partial charge in [-0.2, -0.15) is 0 Å². The summed E-state index contributed by atoms with van der Waals surface area (Å²) >= 11 is 16.4. The van der Waals surface area contributed by atoms with Crippen LogP contribution in [0, 0.1) is 3.14 Å². The molecule has 1 radical (unpaired) electrons. The number of thioether (sulfide) groups is 2. The van der Waals surface area contributed by atoms with Gasteiger partial charge in [-0.1, -0.05) is 24.4 Å². The summed E-state index contributed by atoms with van der Waals surface area (Å²) in [6.45, 7) is 0. The van der Waals surface area contributed by atoms with Crippen molar-refractivity contribution in [2.75, 3.05) is 0 Å². The smallest absolute Gasteiger partial charge is 0.145 e. The van der Waals surface area contributed by atoms with Gasteiger partial charge in [0.1, 0.15) is 3.14 Å². The summed E-state index contributed by atoms with van der Waals surface area (Å²) in [5, 5.41) is 4.27. The first-order chi connectivity index (χ1) is 9.81. The average Bonchev–Trinajstić information content (AvgIpc) is 3.16. The molecule has 0 aliphatic carbocycles. The van der Waals surface area contributed by atoms with Crippen LogP contribution >= 0.6 is 81.1 Å². The van der Waals surface area contributed by atoms with Crippen LogP contribution in [0.2, 0.25) is 0 Å². The molecule has 0 N–H and O–H groups in total. The molecule has 3 aromatic heterocycles. The molecule has 0 bridgehead atoms. The van der Waals surface area contributed by atoms with E-state index in [0.717, 1.165) is 14.6 Å². The van der Waals surface area contributed by atoms with Gasteiger partial charge in [0, 0.05) is 38.3 Å². The molecule has 0 saturated carbocycles. The fourth-order valence-corrected chi connectivity index (χ4v) is 9.15. The van der Waals surface area contributed by atoms with Crippen LogP contribution in [0.3, 0.4) is 0 Å². The van der Waals surface area contributed by atoms with E-state index in [0.29, 0.717) is 0 Å². The Kier molecular flexibility index (Phi) is 8.03. The van der Waals surface area contributed by atoms with Crippen LogP contribution < -0.4 is 0 Å². The van der Waals surface area contributed by atoms with Gasteiger partial charge in [0.15, 0.2) is 0 Å². The Labute approximate surface area is 164 Å². The van der Waals surface area contributed by atoms with Crippen LogP contribution in [0.1, 0.15) is 9.75 Å². The molecule has 0 aliphatic rings. The molecule has 0 aliphatic heterocycles. The second-order valence-electron chi connectivity index (χ2n) is 3.77. The largest absolute Gasteiger partial charge is 0.148 e. The maximum Gasteiger partial charge on any atom is 0.145 e. The Bertz CT molecular complexity index is 635. The van der Waals surface area contributed by atoms with Crippen molar-refractivity contribution in [2.24, 2.45) is 0 Å².